The van der Waals surface area contributed by atoms with Gasteiger partial charge in [-0.15, -0.1) is 0 Å². The summed E-state index contributed by atoms with van der Waals surface area (Å²) in [5.74, 6) is 0. The van der Waals surface area contributed by atoms with Gasteiger partial charge in [0.25, 0.3) is 0 Å². The number of benzene rings is 1. The van der Waals surface area contributed by atoms with Crippen molar-refractivity contribution in [1.82, 2.24) is 0 Å². The molecule has 2 heteroatoms. The molecule has 1 saturated carbocycles. The predicted octanol–water partition coefficient (Wildman–Crippen LogP) is 2.11. The number of hydrogen-bond donors (Lipinski definition) is 2. The first-order valence-electron chi connectivity index (χ1n) is 6.16. The monoisotopic (exact) mass is 219 g/mol. The van der Waals surface area contributed by atoms with Crippen molar-refractivity contribution >= 4 is 0 Å². The molecule has 1 aliphatic rings. The highest BCUT2D eigenvalue weighted by Crippen LogP contribution is 2.38. The van der Waals surface area contributed by atoms with Gasteiger partial charge in [-0.25, -0.2) is 0 Å². The smallest absolute Gasteiger partial charge is 0.0540 e. The Kier molecular flexibility index (Phi) is 3.62. The van der Waals surface area contributed by atoms with Crippen LogP contribution in [0.1, 0.15) is 31.2 Å². The van der Waals surface area contributed by atoms with E-state index in [1.807, 2.05) is 6.07 Å². The largest absolute Gasteiger partial charge is 0.393 e. The van der Waals surface area contributed by atoms with E-state index >= 15 is 0 Å². The van der Waals surface area contributed by atoms with E-state index in [2.05, 4.69) is 24.3 Å². The minimum absolute atomic E-state index is 0.101. The van der Waals surface area contributed by atoms with Crippen molar-refractivity contribution in [3.05, 3.63) is 35.9 Å². The Balaban J connectivity index is 2.05. The maximum atomic E-state index is 9.56. The minimum atomic E-state index is -0.101. The summed E-state index contributed by atoms with van der Waals surface area (Å²) in [7, 11) is 0. The summed E-state index contributed by atoms with van der Waals surface area (Å²) in [6.07, 6.45) is 4.88. The van der Waals surface area contributed by atoms with Gasteiger partial charge in [0.1, 0.15) is 0 Å². The quantitative estimate of drug-likeness (QED) is 0.818. The lowest BCUT2D eigenvalue weighted by atomic mass is 9.69. The second-order valence-electron chi connectivity index (χ2n) is 5.10. The highest BCUT2D eigenvalue weighted by molar-refractivity contribution is 5.17. The van der Waals surface area contributed by atoms with Crippen LogP contribution in [0, 0.1) is 5.41 Å². The molecule has 1 aromatic rings. The van der Waals surface area contributed by atoms with Crippen molar-refractivity contribution in [1.29, 1.82) is 0 Å². The molecule has 1 aliphatic carbocycles. The molecule has 16 heavy (non-hydrogen) atoms. The number of aliphatic hydroxyl groups is 1. The van der Waals surface area contributed by atoms with E-state index < -0.39 is 0 Å². The first-order chi connectivity index (χ1) is 7.74. The first kappa shape index (κ1) is 11.6. The molecule has 0 amide bonds. The molecule has 0 atom stereocenters. The van der Waals surface area contributed by atoms with Crippen LogP contribution >= 0.6 is 0 Å². The third-order valence-corrected chi connectivity index (χ3v) is 3.87. The summed E-state index contributed by atoms with van der Waals surface area (Å²) in [4.78, 5) is 0. The van der Waals surface area contributed by atoms with Crippen molar-refractivity contribution in [3.8, 4) is 0 Å². The molecule has 0 radical (unpaired) electrons. The molecular weight excluding hydrogens is 198 g/mol. The summed E-state index contributed by atoms with van der Waals surface area (Å²) < 4.78 is 0. The molecule has 0 aliphatic heterocycles. The van der Waals surface area contributed by atoms with Crippen LogP contribution in [-0.2, 0) is 6.42 Å². The minimum Gasteiger partial charge on any atom is -0.393 e. The van der Waals surface area contributed by atoms with Gasteiger partial charge in [-0.3, -0.25) is 0 Å². The molecule has 2 rings (SSSR count). The fourth-order valence-electron chi connectivity index (χ4n) is 2.70. The van der Waals surface area contributed by atoms with Gasteiger partial charge in [-0.05, 0) is 49.6 Å². The third-order valence-electron chi connectivity index (χ3n) is 3.87. The number of nitrogens with two attached hydrogens (primary N) is 1. The van der Waals surface area contributed by atoms with E-state index in [1.165, 1.54) is 5.56 Å². The Labute approximate surface area is 97.5 Å². The maximum Gasteiger partial charge on any atom is 0.0540 e. The Morgan fingerprint density at radius 2 is 1.81 bits per heavy atom. The van der Waals surface area contributed by atoms with E-state index in [0.29, 0.717) is 0 Å². The van der Waals surface area contributed by atoms with Crippen LogP contribution in [0.25, 0.3) is 0 Å². The standard InChI is InChI=1S/C14H21NO/c15-11-14(8-6-13(16)7-9-14)10-12-4-2-1-3-5-12/h1-5,13,16H,6-11,15H2. The van der Waals surface area contributed by atoms with Gasteiger partial charge in [-0.2, -0.15) is 0 Å². The first-order valence-corrected chi connectivity index (χ1v) is 6.16. The topological polar surface area (TPSA) is 46.2 Å². The van der Waals surface area contributed by atoms with Crippen LogP contribution in [0.5, 0.6) is 0 Å². The Morgan fingerprint density at radius 1 is 1.19 bits per heavy atom. The molecule has 0 saturated heterocycles. The van der Waals surface area contributed by atoms with Crippen molar-refractivity contribution < 1.29 is 5.11 Å². The number of rotatable bonds is 3. The maximum absolute atomic E-state index is 9.56. The van der Waals surface area contributed by atoms with Crippen LogP contribution in [0.4, 0.5) is 0 Å². The zero-order valence-electron chi connectivity index (χ0n) is 9.73. The van der Waals surface area contributed by atoms with Crippen LogP contribution in [0.15, 0.2) is 30.3 Å². The summed E-state index contributed by atoms with van der Waals surface area (Å²) >= 11 is 0. The van der Waals surface area contributed by atoms with Gasteiger partial charge in [0.2, 0.25) is 0 Å². The molecule has 1 fully saturated rings. The summed E-state index contributed by atoms with van der Waals surface area (Å²) in [6, 6.07) is 10.5. The lowest BCUT2D eigenvalue weighted by molar-refractivity contribution is 0.0665. The normalized spacial score (nSPS) is 30.2. The van der Waals surface area contributed by atoms with E-state index in [1.54, 1.807) is 0 Å². The van der Waals surface area contributed by atoms with Crippen molar-refractivity contribution in [2.45, 2.75) is 38.2 Å². The van der Waals surface area contributed by atoms with Crippen LogP contribution < -0.4 is 5.73 Å². The Hall–Kier alpha value is -0.860. The van der Waals surface area contributed by atoms with Gasteiger partial charge in [0.05, 0.1) is 6.10 Å². The molecule has 0 aromatic heterocycles. The molecule has 3 N–H and O–H groups in total. The molecule has 1 aromatic carbocycles. The van der Waals surface area contributed by atoms with Crippen molar-refractivity contribution in [3.63, 3.8) is 0 Å². The van der Waals surface area contributed by atoms with Gasteiger partial charge in [0.15, 0.2) is 0 Å². The van der Waals surface area contributed by atoms with Gasteiger partial charge in [-0.1, -0.05) is 30.3 Å². The molecular formula is C14H21NO. The fourth-order valence-corrected chi connectivity index (χ4v) is 2.70. The van der Waals surface area contributed by atoms with E-state index in [-0.39, 0.29) is 11.5 Å². The van der Waals surface area contributed by atoms with Crippen LogP contribution in [0.2, 0.25) is 0 Å². The van der Waals surface area contributed by atoms with Gasteiger partial charge >= 0.3 is 0 Å². The number of hydrogen-bond acceptors (Lipinski definition) is 2. The van der Waals surface area contributed by atoms with E-state index in [4.69, 9.17) is 5.73 Å². The molecule has 0 spiro atoms. The van der Waals surface area contributed by atoms with Crippen molar-refractivity contribution in [2.24, 2.45) is 11.1 Å². The van der Waals surface area contributed by atoms with E-state index in [0.717, 1.165) is 38.6 Å². The summed E-state index contributed by atoms with van der Waals surface area (Å²) in [5, 5.41) is 9.56. The summed E-state index contributed by atoms with van der Waals surface area (Å²) in [5.41, 5.74) is 7.54. The third kappa shape index (κ3) is 2.63. The highest BCUT2D eigenvalue weighted by atomic mass is 16.3. The predicted molar refractivity (Wildman–Crippen MR) is 66.1 cm³/mol. The SMILES string of the molecule is NCC1(Cc2ccccc2)CCC(O)CC1. The number of aliphatic hydroxyl groups excluding tert-OH is 1. The molecule has 88 valence electrons. The van der Waals surface area contributed by atoms with Gasteiger partial charge in [0, 0.05) is 0 Å². The average molecular weight is 219 g/mol. The average Bonchev–Trinajstić information content (AvgIpc) is 2.34. The van der Waals surface area contributed by atoms with Crippen LogP contribution in [0.3, 0.4) is 0 Å². The molecule has 0 unspecified atom stereocenters. The lowest BCUT2D eigenvalue weighted by Gasteiger charge is -2.38. The highest BCUT2D eigenvalue weighted by Gasteiger charge is 2.33. The molecule has 2 nitrogen and oxygen atoms in total. The second kappa shape index (κ2) is 4.98. The zero-order chi connectivity index (χ0) is 11.4. The summed E-state index contributed by atoms with van der Waals surface area (Å²) in [6.45, 7) is 0.731. The second-order valence-corrected chi connectivity index (χ2v) is 5.10. The fraction of sp³-hybridized carbons (Fsp3) is 0.571. The van der Waals surface area contributed by atoms with E-state index in [9.17, 15) is 5.11 Å². The van der Waals surface area contributed by atoms with Crippen LogP contribution in [-0.4, -0.2) is 17.8 Å². The zero-order valence-corrected chi connectivity index (χ0v) is 9.73. The van der Waals surface area contributed by atoms with Crippen molar-refractivity contribution in [2.75, 3.05) is 6.54 Å². The molecule has 0 heterocycles. The Morgan fingerprint density at radius 3 is 2.38 bits per heavy atom. The molecule has 0 bridgehead atoms. The van der Waals surface area contributed by atoms with Gasteiger partial charge < -0.3 is 10.8 Å². The Bertz CT molecular complexity index is 315. The lowest BCUT2D eigenvalue weighted by Crippen LogP contribution is -2.38.